The highest BCUT2D eigenvalue weighted by Crippen LogP contribution is 2.21. The van der Waals surface area contributed by atoms with Gasteiger partial charge in [0.1, 0.15) is 0 Å². The number of pyridine rings is 1. The number of aromatic nitrogens is 2. The third-order valence-electron chi connectivity index (χ3n) is 4.98. The number of ether oxygens (including phenoxy) is 1. The van der Waals surface area contributed by atoms with Crippen LogP contribution in [0.1, 0.15) is 47.2 Å². The molecule has 2 aromatic rings. The van der Waals surface area contributed by atoms with Crippen molar-refractivity contribution in [3.8, 4) is 0 Å². The number of rotatable bonds is 5. The molecule has 1 fully saturated rings. The van der Waals surface area contributed by atoms with Gasteiger partial charge in [0.05, 0.1) is 24.0 Å². The van der Waals surface area contributed by atoms with Crippen LogP contribution in [-0.2, 0) is 17.9 Å². The van der Waals surface area contributed by atoms with Crippen LogP contribution in [0.2, 0.25) is 0 Å². The molecular weight excluding hydrogens is 314 g/mol. The van der Waals surface area contributed by atoms with Gasteiger partial charge < -0.3 is 14.2 Å². The lowest BCUT2D eigenvalue weighted by Crippen LogP contribution is -2.43. The zero-order chi connectivity index (χ0) is 17.8. The summed E-state index contributed by atoms with van der Waals surface area (Å²) < 4.78 is 8.19. The molecule has 2 aromatic heterocycles. The fraction of sp³-hybridized carbons (Fsp3) is 0.500. The third-order valence-corrected chi connectivity index (χ3v) is 4.98. The standard InChI is InChI=1S/C20H27N3O2/c1-4-23-15(2)12-19(16(23)3)20(24)22-11-7-9-18(13-22)25-14-17-8-5-6-10-21-17/h5-6,8,10,12,18H,4,7,9,11,13-14H2,1-3H3/t18-/m1/s1. The summed E-state index contributed by atoms with van der Waals surface area (Å²) in [4.78, 5) is 19.2. The van der Waals surface area contributed by atoms with Gasteiger partial charge in [-0.25, -0.2) is 0 Å². The average Bonchev–Trinajstić information content (AvgIpc) is 2.94. The van der Waals surface area contributed by atoms with Gasteiger partial charge in [-0.05, 0) is 51.8 Å². The summed E-state index contributed by atoms with van der Waals surface area (Å²) in [6.07, 6.45) is 3.82. The van der Waals surface area contributed by atoms with E-state index in [-0.39, 0.29) is 12.0 Å². The molecule has 0 N–H and O–H groups in total. The Balaban J connectivity index is 1.64. The Bertz CT molecular complexity index is 724. The molecule has 0 aliphatic carbocycles. The molecule has 3 rings (SSSR count). The molecule has 0 spiro atoms. The molecule has 5 heteroatoms. The number of likely N-dealkylation sites (tertiary alicyclic amines) is 1. The second-order valence-electron chi connectivity index (χ2n) is 6.68. The van der Waals surface area contributed by atoms with Crippen LogP contribution in [0.25, 0.3) is 0 Å². The van der Waals surface area contributed by atoms with Gasteiger partial charge in [0.25, 0.3) is 5.91 Å². The molecule has 0 radical (unpaired) electrons. The number of aryl methyl sites for hydroxylation is 1. The zero-order valence-electron chi connectivity index (χ0n) is 15.4. The normalized spacial score (nSPS) is 17.7. The predicted molar refractivity (Wildman–Crippen MR) is 97.5 cm³/mol. The molecule has 25 heavy (non-hydrogen) atoms. The maximum Gasteiger partial charge on any atom is 0.255 e. The number of hydrogen-bond donors (Lipinski definition) is 0. The number of nitrogens with zero attached hydrogens (tertiary/aromatic N) is 3. The third kappa shape index (κ3) is 3.93. The molecule has 1 saturated heterocycles. The summed E-state index contributed by atoms with van der Waals surface area (Å²) in [7, 11) is 0. The van der Waals surface area contributed by atoms with Crippen LogP contribution in [0.4, 0.5) is 0 Å². The highest BCUT2D eigenvalue weighted by molar-refractivity contribution is 5.95. The van der Waals surface area contributed by atoms with Gasteiger partial charge in [-0.15, -0.1) is 0 Å². The van der Waals surface area contributed by atoms with Crippen molar-refractivity contribution in [2.45, 2.75) is 52.9 Å². The lowest BCUT2D eigenvalue weighted by Gasteiger charge is -2.32. The zero-order valence-corrected chi connectivity index (χ0v) is 15.4. The minimum Gasteiger partial charge on any atom is -0.370 e. The van der Waals surface area contributed by atoms with E-state index in [0.717, 1.165) is 48.6 Å². The van der Waals surface area contributed by atoms with Gasteiger partial charge >= 0.3 is 0 Å². The number of amides is 1. The lowest BCUT2D eigenvalue weighted by molar-refractivity contribution is -0.00787. The van der Waals surface area contributed by atoms with Gasteiger partial charge in [0, 0.05) is 37.2 Å². The Morgan fingerprint density at radius 1 is 1.36 bits per heavy atom. The molecule has 134 valence electrons. The molecule has 5 nitrogen and oxygen atoms in total. The van der Waals surface area contributed by atoms with E-state index in [9.17, 15) is 4.79 Å². The van der Waals surface area contributed by atoms with Gasteiger partial charge in [0.15, 0.2) is 0 Å². The fourth-order valence-electron chi connectivity index (χ4n) is 3.62. The lowest BCUT2D eigenvalue weighted by atomic mass is 10.1. The van der Waals surface area contributed by atoms with Gasteiger partial charge in [-0.1, -0.05) is 6.07 Å². The van der Waals surface area contributed by atoms with Crippen molar-refractivity contribution < 1.29 is 9.53 Å². The van der Waals surface area contributed by atoms with Gasteiger partial charge in [0.2, 0.25) is 0 Å². The van der Waals surface area contributed by atoms with Gasteiger partial charge in [-0.3, -0.25) is 9.78 Å². The second-order valence-corrected chi connectivity index (χ2v) is 6.68. The van der Waals surface area contributed by atoms with Crippen LogP contribution < -0.4 is 0 Å². The summed E-state index contributed by atoms with van der Waals surface area (Å²) in [5.74, 6) is 0.124. The van der Waals surface area contributed by atoms with Crippen molar-refractivity contribution in [1.82, 2.24) is 14.5 Å². The predicted octanol–water partition coefficient (Wildman–Crippen LogP) is 3.34. The van der Waals surface area contributed by atoms with Crippen LogP contribution in [0.5, 0.6) is 0 Å². The van der Waals surface area contributed by atoms with Crippen LogP contribution >= 0.6 is 0 Å². The molecular formula is C20H27N3O2. The number of carbonyl (C=O) groups excluding carboxylic acids is 1. The number of carbonyl (C=O) groups is 1. The van der Waals surface area contributed by atoms with Crippen molar-refractivity contribution in [2.24, 2.45) is 0 Å². The first-order valence-corrected chi connectivity index (χ1v) is 9.07. The molecule has 0 bridgehead atoms. The van der Waals surface area contributed by atoms with E-state index in [4.69, 9.17) is 4.74 Å². The quantitative estimate of drug-likeness (QED) is 0.838. The van der Waals surface area contributed by atoms with Crippen LogP contribution in [0.15, 0.2) is 30.5 Å². The minimum absolute atomic E-state index is 0.0781. The van der Waals surface area contributed by atoms with Crippen molar-refractivity contribution in [2.75, 3.05) is 13.1 Å². The maximum atomic E-state index is 13.0. The topological polar surface area (TPSA) is 47.4 Å². The summed E-state index contributed by atoms with van der Waals surface area (Å²) >= 11 is 0. The van der Waals surface area contributed by atoms with Crippen molar-refractivity contribution in [1.29, 1.82) is 0 Å². The van der Waals surface area contributed by atoms with Crippen LogP contribution in [-0.4, -0.2) is 39.6 Å². The molecule has 1 atom stereocenters. The van der Waals surface area contributed by atoms with E-state index in [1.54, 1.807) is 6.20 Å². The van der Waals surface area contributed by atoms with Crippen molar-refractivity contribution in [3.05, 3.63) is 53.1 Å². The second kappa shape index (κ2) is 7.83. The smallest absolute Gasteiger partial charge is 0.255 e. The molecule has 0 aromatic carbocycles. The maximum absolute atomic E-state index is 13.0. The van der Waals surface area contributed by atoms with E-state index < -0.39 is 0 Å². The number of piperidine rings is 1. The van der Waals surface area contributed by atoms with Gasteiger partial charge in [-0.2, -0.15) is 0 Å². The molecule has 0 unspecified atom stereocenters. The first kappa shape index (κ1) is 17.7. The Kier molecular flexibility index (Phi) is 5.53. The minimum atomic E-state index is 0.0781. The molecule has 1 aliphatic heterocycles. The van der Waals surface area contributed by atoms with Crippen molar-refractivity contribution >= 4 is 5.91 Å². The molecule has 1 aliphatic rings. The Labute approximate surface area is 149 Å². The van der Waals surface area contributed by atoms with Crippen molar-refractivity contribution in [3.63, 3.8) is 0 Å². The van der Waals surface area contributed by atoms with E-state index in [2.05, 4.69) is 23.4 Å². The molecule has 3 heterocycles. The Morgan fingerprint density at radius 2 is 2.20 bits per heavy atom. The average molecular weight is 341 g/mol. The first-order valence-electron chi connectivity index (χ1n) is 9.07. The highest BCUT2D eigenvalue weighted by atomic mass is 16.5. The molecule has 0 saturated carbocycles. The van der Waals surface area contributed by atoms with E-state index in [0.29, 0.717) is 13.2 Å². The highest BCUT2D eigenvalue weighted by Gasteiger charge is 2.27. The van der Waals surface area contributed by atoms with E-state index in [1.165, 1.54) is 0 Å². The summed E-state index contributed by atoms with van der Waals surface area (Å²) in [6.45, 7) is 9.04. The van der Waals surface area contributed by atoms with Crippen LogP contribution in [0.3, 0.4) is 0 Å². The Hall–Kier alpha value is -2.14. The summed E-state index contributed by atoms with van der Waals surface area (Å²) in [5, 5.41) is 0. The fourth-order valence-corrected chi connectivity index (χ4v) is 3.62. The molecule has 1 amide bonds. The monoisotopic (exact) mass is 341 g/mol. The largest absolute Gasteiger partial charge is 0.370 e. The summed E-state index contributed by atoms with van der Waals surface area (Å²) in [5.41, 5.74) is 3.95. The number of hydrogen-bond acceptors (Lipinski definition) is 3. The van der Waals surface area contributed by atoms with E-state index >= 15 is 0 Å². The van der Waals surface area contributed by atoms with E-state index in [1.807, 2.05) is 36.1 Å². The summed E-state index contributed by atoms with van der Waals surface area (Å²) in [6, 6.07) is 7.84. The van der Waals surface area contributed by atoms with Crippen LogP contribution in [0, 0.1) is 13.8 Å². The Morgan fingerprint density at radius 3 is 2.88 bits per heavy atom. The SMILES string of the molecule is CCn1c(C)cc(C(=O)N2CCC[C@@H](OCc3ccccn3)C2)c1C. The first-order chi connectivity index (χ1) is 12.1.